The van der Waals surface area contributed by atoms with Crippen molar-refractivity contribution in [1.82, 2.24) is 4.57 Å². The third-order valence-electron chi connectivity index (χ3n) is 3.86. The number of anilines is 1. The number of hydrogen-bond donors (Lipinski definition) is 1. The highest BCUT2D eigenvalue weighted by Gasteiger charge is 2.10. The van der Waals surface area contributed by atoms with Gasteiger partial charge in [0.1, 0.15) is 12.3 Å². The zero-order valence-corrected chi connectivity index (χ0v) is 13.8. The number of aromatic nitrogens is 1. The standard InChI is InChI=1S/C18H15N3O5/c1-26-15-6-7-16-12(10-15)8-9-20(18(16)23)11-17(22)19-13-2-4-14(5-3-13)21(24)25/h2-10H,11H2,1H3,(H,19,22). The molecule has 0 aliphatic heterocycles. The van der Waals surface area contributed by atoms with Crippen molar-refractivity contribution in [3.8, 4) is 5.75 Å². The lowest BCUT2D eigenvalue weighted by molar-refractivity contribution is -0.384. The third-order valence-corrected chi connectivity index (χ3v) is 3.86. The molecule has 8 heteroatoms. The van der Waals surface area contributed by atoms with Gasteiger partial charge in [-0.25, -0.2) is 0 Å². The Morgan fingerprint density at radius 3 is 2.58 bits per heavy atom. The van der Waals surface area contributed by atoms with Crippen LogP contribution >= 0.6 is 0 Å². The summed E-state index contributed by atoms with van der Waals surface area (Å²) in [6, 6.07) is 12.3. The van der Waals surface area contributed by atoms with Crippen LogP contribution in [0.4, 0.5) is 11.4 Å². The first-order valence-electron chi connectivity index (χ1n) is 7.69. The lowest BCUT2D eigenvalue weighted by atomic mass is 10.1. The summed E-state index contributed by atoms with van der Waals surface area (Å²) in [6.45, 7) is -0.169. The van der Waals surface area contributed by atoms with Crippen LogP contribution < -0.4 is 15.6 Å². The Labute approximate surface area is 147 Å². The SMILES string of the molecule is COc1ccc2c(=O)n(CC(=O)Nc3ccc([N+](=O)[O-])cc3)ccc2c1. The Bertz CT molecular complexity index is 1040. The number of nitrogens with one attached hydrogen (secondary N) is 1. The molecule has 1 N–H and O–H groups in total. The molecule has 0 saturated heterocycles. The fourth-order valence-corrected chi connectivity index (χ4v) is 2.54. The van der Waals surface area contributed by atoms with Crippen molar-refractivity contribution < 1.29 is 14.5 Å². The van der Waals surface area contributed by atoms with E-state index in [9.17, 15) is 19.7 Å². The van der Waals surface area contributed by atoms with Crippen molar-refractivity contribution >= 4 is 28.1 Å². The number of nitro benzene ring substituents is 1. The van der Waals surface area contributed by atoms with E-state index in [0.717, 1.165) is 5.39 Å². The average Bonchev–Trinajstić information content (AvgIpc) is 2.64. The van der Waals surface area contributed by atoms with Gasteiger partial charge < -0.3 is 14.6 Å². The number of carbonyl (C=O) groups is 1. The van der Waals surface area contributed by atoms with Gasteiger partial charge >= 0.3 is 0 Å². The van der Waals surface area contributed by atoms with Gasteiger partial charge in [-0.1, -0.05) is 0 Å². The summed E-state index contributed by atoms with van der Waals surface area (Å²) < 4.78 is 6.43. The molecular formula is C18H15N3O5. The predicted octanol–water partition coefficient (Wildman–Crippen LogP) is 2.56. The largest absolute Gasteiger partial charge is 0.497 e. The molecule has 0 spiro atoms. The molecule has 0 radical (unpaired) electrons. The van der Waals surface area contributed by atoms with Crippen LogP contribution in [-0.4, -0.2) is 22.5 Å². The first-order valence-corrected chi connectivity index (χ1v) is 7.69. The van der Waals surface area contributed by atoms with E-state index in [4.69, 9.17) is 4.74 Å². The third kappa shape index (κ3) is 3.54. The van der Waals surface area contributed by atoms with Gasteiger partial charge in [-0.3, -0.25) is 19.7 Å². The molecule has 0 atom stereocenters. The summed E-state index contributed by atoms with van der Waals surface area (Å²) >= 11 is 0. The summed E-state index contributed by atoms with van der Waals surface area (Å²) in [6.07, 6.45) is 1.54. The molecule has 26 heavy (non-hydrogen) atoms. The van der Waals surface area contributed by atoms with Crippen LogP contribution in [0.3, 0.4) is 0 Å². The smallest absolute Gasteiger partial charge is 0.269 e. The van der Waals surface area contributed by atoms with E-state index in [2.05, 4.69) is 5.32 Å². The van der Waals surface area contributed by atoms with Gasteiger partial charge in [-0.2, -0.15) is 0 Å². The van der Waals surface area contributed by atoms with E-state index >= 15 is 0 Å². The minimum Gasteiger partial charge on any atom is -0.497 e. The fraction of sp³-hybridized carbons (Fsp3) is 0.111. The lowest BCUT2D eigenvalue weighted by Gasteiger charge is -2.09. The second-order valence-corrected chi connectivity index (χ2v) is 5.55. The number of fused-ring (bicyclic) bond motifs is 1. The number of non-ortho nitro benzene ring substituents is 1. The average molecular weight is 353 g/mol. The molecule has 0 saturated carbocycles. The van der Waals surface area contributed by atoms with Crippen molar-refractivity contribution in [3.63, 3.8) is 0 Å². The van der Waals surface area contributed by atoms with Crippen molar-refractivity contribution in [3.05, 3.63) is 75.2 Å². The first kappa shape index (κ1) is 17.2. The monoisotopic (exact) mass is 353 g/mol. The molecule has 0 aliphatic carbocycles. The Morgan fingerprint density at radius 2 is 1.92 bits per heavy atom. The number of ether oxygens (including phenoxy) is 1. The van der Waals surface area contributed by atoms with Gasteiger partial charge in [0.25, 0.3) is 11.2 Å². The number of rotatable bonds is 5. The van der Waals surface area contributed by atoms with E-state index in [0.29, 0.717) is 16.8 Å². The number of carbonyl (C=O) groups excluding carboxylic acids is 1. The van der Waals surface area contributed by atoms with Crippen LogP contribution in [-0.2, 0) is 11.3 Å². The number of amides is 1. The molecule has 3 aromatic rings. The van der Waals surface area contributed by atoms with Gasteiger partial charge in [0.05, 0.1) is 12.0 Å². The number of benzene rings is 2. The quantitative estimate of drug-likeness (QED) is 0.561. The zero-order valence-electron chi connectivity index (χ0n) is 13.8. The Balaban J connectivity index is 1.77. The molecule has 0 bridgehead atoms. The van der Waals surface area contributed by atoms with Gasteiger partial charge in [0, 0.05) is 29.4 Å². The number of nitro groups is 1. The topological polar surface area (TPSA) is 103 Å². The minimum atomic E-state index is -0.519. The van der Waals surface area contributed by atoms with Gasteiger partial charge in [0.15, 0.2) is 0 Å². The number of methoxy groups -OCH3 is 1. The second-order valence-electron chi connectivity index (χ2n) is 5.55. The number of nitrogens with zero attached hydrogens (tertiary/aromatic N) is 2. The van der Waals surface area contributed by atoms with Crippen LogP contribution in [0.15, 0.2) is 59.5 Å². The normalized spacial score (nSPS) is 10.5. The summed E-state index contributed by atoms with van der Waals surface area (Å²) in [5, 5.41) is 14.4. The van der Waals surface area contributed by atoms with Crippen molar-refractivity contribution in [2.24, 2.45) is 0 Å². The van der Waals surface area contributed by atoms with Crippen molar-refractivity contribution in [2.45, 2.75) is 6.54 Å². The highest BCUT2D eigenvalue weighted by molar-refractivity contribution is 5.91. The number of pyridine rings is 1. The second kappa shape index (κ2) is 7.06. The molecule has 8 nitrogen and oxygen atoms in total. The summed E-state index contributed by atoms with van der Waals surface area (Å²) in [7, 11) is 1.55. The fourth-order valence-electron chi connectivity index (χ4n) is 2.54. The summed E-state index contributed by atoms with van der Waals surface area (Å²) in [5.41, 5.74) is 0.0624. The summed E-state index contributed by atoms with van der Waals surface area (Å²) in [5.74, 6) is 0.236. The van der Waals surface area contributed by atoms with Crippen LogP contribution in [0, 0.1) is 10.1 Å². The van der Waals surface area contributed by atoms with Crippen molar-refractivity contribution in [1.29, 1.82) is 0 Å². The molecule has 3 rings (SSSR count). The molecule has 0 aliphatic rings. The van der Waals surface area contributed by atoms with Crippen LogP contribution in [0.5, 0.6) is 5.75 Å². The van der Waals surface area contributed by atoms with Gasteiger partial charge in [-0.15, -0.1) is 0 Å². The zero-order chi connectivity index (χ0) is 18.7. The molecule has 132 valence electrons. The van der Waals surface area contributed by atoms with Crippen LogP contribution in [0.2, 0.25) is 0 Å². The van der Waals surface area contributed by atoms with E-state index in [-0.39, 0.29) is 17.8 Å². The highest BCUT2D eigenvalue weighted by Crippen LogP contribution is 2.18. The molecule has 1 amide bonds. The molecule has 1 aromatic heterocycles. The maximum atomic E-state index is 12.5. The Kier molecular flexibility index (Phi) is 4.66. The van der Waals surface area contributed by atoms with E-state index in [1.807, 2.05) is 0 Å². The van der Waals surface area contributed by atoms with E-state index < -0.39 is 10.8 Å². The van der Waals surface area contributed by atoms with Gasteiger partial charge in [0.2, 0.25) is 5.91 Å². The van der Waals surface area contributed by atoms with Crippen LogP contribution in [0.1, 0.15) is 0 Å². The van der Waals surface area contributed by atoms with E-state index in [1.165, 1.54) is 28.8 Å². The molecule has 0 unspecified atom stereocenters. The number of hydrogen-bond acceptors (Lipinski definition) is 5. The summed E-state index contributed by atoms with van der Waals surface area (Å²) in [4.78, 5) is 34.8. The molecule has 0 fully saturated rings. The maximum absolute atomic E-state index is 12.5. The minimum absolute atomic E-state index is 0.0656. The van der Waals surface area contributed by atoms with Crippen LogP contribution in [0.25, 0.3) is 10.8 Å². The Morgan fingerprint density at radius 1 is 1.19 bits per heavy atom. The van der Waals surface area contributed by atoms with Gasteiger partial charge in [-0.05, 0) is 41.8 Å². The van der Waals surface area contributed by atoms with E-state index in [1.54, 1.807) is 37.6 Å². The predicted molar refractivity (Wildman–Crippen MR) is 96.5 cm³/mol. The maximum Gasteiger partial charge on any atom is 0.269 e. The molecule has 2 aromatic carbocycles. The van der Waals surface area contributed by atoms with Crippen molar-refractivity contribution in [2.75, 3.05) is 12.4 Å². The Hall–Kier alpha value is -3.68. The molecular weight excluding hydrogens is 338 g/mol. The first-order chi connectivity index (χ1) is 12.5. The highest BCUT2D eigenvalue weighted by atomic mass is 16.6. The lowest BCUT2D eigenvalue weighted by Crippen LogP contribution is -2.27. The molecule has 1 heterocycles.